The summed E-state index contributed by atoms with van der Waals surface area (Å²) in [5.41, 5.74) is 4.28. The Kier molecular flexibility index (Phi) is 8.69. The molecule has 1 atom stereocenters. The fourth-order valence-electron chi connectivity index (χ4n) is 4.60. The molecule has 7 nitrogen and oxygen atoms in total. The Hall–Kier alpha value is -3.97. The third-order valence-corrected chi connectivity index (χ3v) is 6.50. The van der Waals surface area contributed by atoms with Crippen LogP contribution in [-0.2, 0) is 16.1 Å². The predicted octanol–water partition coefficient (Wildman–Crippen LogP) is 5.00. The van der Waals surface area contributed by atoms with Crippen LogP contribution in [0.2, 0.25) is 0 Å². The van der Waals surface area contributed by atoms with Crippen molar-refractivity contribution < 1.29 is 23.7 Å². The van der Waals surface area contributed by atoms with E-state index in [4.69, 9.17) is 18.9 Å². The molecular formula is C30H34N2O5. The topological polar surface area (TPSA) is 71.0 Å². The van der Waals surface area contributed by atoms with Gasteiger partial charge in [0.05, 0.1) is 27.9 Å². The van der Waals surface area contributed by atoms with E-state index in [0.717, 1.165) is 33.3 Å². The molecule has 1 amide bonds. The highest BCUT2D eigenvalue weighted by Gasteiger charge is 2.24. The Morgan fingerprint density at radius 2 is 1.54 bits per heavy atom. The molecule has 0 aliphatic heterocycles. The van der Waals surface area contributed by atoms with E-state index in [2.05, 4.69) is 40.3 Å². The van der Waals surface area contributed by atoms with Crippen molar-refractivity contribution in [2.75, 3.05) is 41.6 Å². The monoisotopic (exact) mass is 502 g/mol. The predicted molar refractivity (Wildman–Crippen MR) is 145 cm³/mol. The highest BCUT2D eigenvalue weighted by Crippen LogP contribution is 2.38. The number of amides is 1. The summed E-state index contributed by atoms with van der Waals surface area (Å²) in [5, 5.41) is 4.08. The first-order chi connectivity index (χ1) is 18.1. The molecule has 0 fully saturated rings. The van der Waals surface area contributed by atoms with Crippen molar-refractivity contribution in [3.63, 3.8) is 0 Å². The van der Waals surface area contributed by atoms with Gasteiger partial charge in [-0.05, 0) is 47.0 Å². The van der Waals surface area contributed by atoms with E-state index in [1.807, 2.05) is 42.5 Å². The molecule has 194 valence electrons. The molecule has 1 N–H and O–H groups in total. The second kappa shape index (κ2) is 12.3. The summed E-state index contributed by atoms with van der Waals surface area (Å²) in [5.74, 6) is 1.93. The normalized spacial score (nSPS) is 11.8. The molecule has 4 rings (SSSR count). The number of para-hydroxylation sites is 1. The van der Waals surface area contributed by atoms with Gasteiger partial charge in [0.2, 0.25) is 5.91 Å². The van der Waals surface area contributed by atoms with Crippen LogP contribution in [-0.4, -0.2) is 52.1 Å². The number of rotatable bonds is 12. The molecule has 37 heavy (non-hydrogen) atoms. The van der Waals surface area contributed by atoms with Gasteiger partial charge in [-0.1, -0.05) is 30.3 Å². The van der Waals surface area contributed by atoms with Crippen molar-refractivity contribution in [1.29, 1.82) is 0 Å². The van der Waals surface area contributed by atoms with Gasteiger partial charge < -0.3 is 28.8 Å². The summed E-state index contributed by atoms with van der Waals surface area (Å²) >= 11 is 0. The molecule has 1 aromatic heterocycles. The van der Waals surface area contributed by atoms with Crippen molar-refractivity contribution >= 4 is 16.8 Å². The van der Waals surface area contributed by atoms with E-state index in [0.29, 0.717) is 31.2 Å². The van der Waals surface area contributed by atoms with E-state index in [1.54, 1.807) is 28.4 Å². The number of carbonyl (C=O) groups excluding carboxylic acids is 1. The zero-order chi connectivity index (χ0) is 26.2. The quantitative estimate of drug-likeness (QED) is 0.276. The maximum atomic E-state index is 13.0. The van der Waals surface area contributed by atoms with Gasteiger partial charge in [0.25, 0.3) is 0 Å². The summed E-state index contributed by atoms with van der Waals surface area (Å²) in [7, 11) is 6.55. The van der Waals surface area contributed by atoms with Crippen LogP contribution in [0.5, 0.6) is 17.2 Å². The van der Waals surface area contributed by atoms with Crippen molar-refractivity contribution in [3.8, 4) is 17.2 Å². The molecule has 1 heterocycles. The van der Waals surface area contributed by atoms with Crippen LogP contribution in [0.3, 0.4) is 0 Å². The SMILES string of the molecule is COCCNC(=O)C[C@@H](c1cc(OC)cc(OC)c1)c1cn(Cc2ccc(OC)cc2)c2ccccc12. The molecule has 7 heteroatoms. The van der Waals surface area contributed by atoms with Crippen LogP contribution in [0, 0.1) is 0 Å². The molecule has 0 unspecified atom stereocenters. The lowest BCUT2D eigenvalue weighted by Crippen LogP contribution is -2.28. The van der Waals surface area contributed by atoms with Crippen LogP contribution < -0.4 is 19.5 Å². The molecule has 0 spiro atoms. The summed E-state index contributed by atoms with van der Waals surface area (Å²) in [6.45, 7) is 1.62. The van der Waals surface area contributed by atoms with Gasteiger partial charge >= 0.3 is 0 Å². The fraction of sp³-hybridized carbons (Fsp3) is 0.300. The maximum absolute atomic E-state index is 13.0. The molecule has 0 aliphatic carbocycles. The fourth-order valence-corrected chi connectivity index (χ4v) is 4.60. The Bertz CT molecular complexity index is 1310. The first-order valence-electron chi connectivity index (χ1n) is 12.3. The van der Waals surface area contributed by atoms with Gasteiger partial charge in [-0.2, -0.15) is 0 Å². The highest BCUT2D eigenvalue weighted by molar-refractivity contribution is 5.87. The first-order valence-corrected chi connectivity index (χ1v) is 12.3. The highest BCUT2D eigenvalue weighted by atomic mass is 16.5. The number of benzene rings is 3. The Labute approximate surface area is 217 Å². The van der Waals surface area contributed by atoms with Gasteiger partial charge in [-0.25, -0.2) is 0 Å². The third kappa shape index (κ3) is 6.24. The van der Waals surface area contributed by atoms with Gasteiger partial charge in [-0.3, -0.25) is 4.79 Å². The van der Waals surface area contributed by atoms with Crippen LogP contribution >= 0.6 is 0 Å². The number of hydrogen-bond donors (Lipinski definition) is 1. The Morgan fingerprint density at radius 3 is 2.19 bits per heavy atom. The minimum absolute atomic E-state index is 0.0455. The number of hydrogen-bond acceptors (Lipinski definition) is 5. The number of ether oxygens (including phenoxy) is 4. The Morgan fingerprint density at radius 1 is 0.865 bits per heavy atom. The molecule has 0 saturated carbocycles. The second-order valence-corrected chi connectivity index (χ2v) is 8.82. The largest absolute Gasteiger partial charge is 0.497 e. The molecule has 0 radical (unpaired) electrons. The summed E-state index contributed by atoms with van der Waals surface area (Å²) in [4.78, 5) is 13.0. The maximum Gasteiger partial charge on any atom is 0.221 e. The summed E-state index contributed by atoms with van der Waals surface area (Å²) < 4.78 is 23.7. The smallest absolute Gasteiger partial charge is 0.221 e. The molecule has 0 bridgehead atoms. The minimum Gasteiger partial charge on any atom is -0.497 e. The lowest BCUT2D eigenvalue weighted by atomic mass is 9.87. The van der Waals surface area contributed by atoms with Crippen molar-refractivity contribution in [1.82, 2.24) is 9.88 Å². The van der Waals surface area contributed by atoms with E-state index in [9.17, 15) is 4.79 Å². The van der Waals surface area contributed by atoms with E-state index in [1.165, 1.54) is 0 Å². The minimum atomic E-state index is -0.214. The number of nitrogens with one attached hydrogen (secondary N) is 1. The number of methoxy groups -OCH3 is 4. The first kappa shape index (κ1) is 26.1. The number of nitrogens with zero attached hydrogens (tertiary/aromatic N) is 1. The van der Waals surface area contributed by atoms with Gasteiger partial charge in [0, 0.05) is 55.7 Å². The van der Waals surface area contributed by atoms with Crippen LogP contribution in [0.25, 0.3) is 10.9 Å². The zero-order valence-electron chi connectivity index (χ0n) is 21.8. The molecular weight excluding hydrogens is 468 g/mol. The zero-order valence-corrected chi connectivity index (χ0v) is 21.8. The summed E-state index contributed by atoms with van der Waals surface area (Å²) in [6.07, 6.45) is 2.44. The second-order valence-electron chi connectivity index (χ2n) is 8.82. The Balaban J connectivity index is 1.78. The van der Waals surface area contributed by atoms with Gasteiger partial charge in [0.1, 0.15) is 17.2 Å². The number of aromatic nitrogens is 1. The third-order valence-electron chi connectivity index (χ3n) is 6.50. The van der Waals surface area contributed by atoms with Crippen molar-refractivity contribution in [2.24, 2.45) is 0 Å². The van der Waals surface area contributed by atoms with E-state index in [-0.39, 0.29) is 18.2 Å². The lowest BCUT2D eigenvalue weighted by molar-refractivity contribution is -0.121. The lowest BCUT2D eigenvalue weighted by Gasteiger charge is -2.19. The molecule has 3 aromatic carbocycles. The molecule has 4 aromatic rings. The van der Waals surface area contributed by atoms with Gasteiger partial charge in [-0.15, -0.1) is 0 Å². The van der Waals surface area contributed by atoms with Crippen LogP contribution in [0.1, 0.15) is 29.0 Å². The van der Waals surface area contributed by atoms with Gasteiger partial charge in [0.15, 0.2) is 0 Å². The van der Waals surface area contributed by atoms with Crippen molar-refractivity contribution in [2.45, 2.75) is 18.9 Å². The van der Waals surface area contributed by atoms with E-state index < -0.39 is 0 Å². The molecule has 0 aliphatic rings. The van der Waals surface area contributed by atoms with E-state index >= 15 is 0 Å². The average molecular weight is 503 g/mol. The van der Waals surface area contributed by atoms with Crippen LogP contribution in [0.15, 0.2) is 72.9 Å². The number of carbonyl (C=O) groups is 1. The van der Waals surface area contributed by atoms with Crippen molar-refractivity contribution in [3.05, 3.63) is 89.6 Å². The standard InChI is InChI=1S/C30H34N2O5/c1-34-14-13-31-30(33)18-27(22-15-24(36-3)17-25(16-22)37-4)28-20-32(29-8-6-5-7-26(28)29)19-21-9-11-23(35-2)12-10-21/h5-12,15-17,20,27H,13-14,18-19H2,1-4H3,(H,31,33)/t27-/m0/s1. The summed E-state index contributed by atoms with van der Waals surface area (Å²) in [6, 6.07) is 22.2. The van der Waals surface area contributed by atoms with Crippen LogP contribution in [0.4, 0.5) is 0 Å². The number of fused-ring (bicyclic) bond motifs is 1. The average Bonchev–Trinajstić information content (AvgIpc) is 3.29. The molecule has 0 saturated heterocycles.